The smallest absolute Gasteiger partial charge is 0.231 e. The lowest BCUT2D eigenvalue weighted by molar-refractivity contribution is -0.117. The fraction of sp³-hybridized carbons (Fsp3) is 0.176. The number of hydrogen-bond acceptors (Lipinski definition) is 2. The number of anilines is 1. The van der Waals surface area contributed by atoms with Crippen LogP contribution < -0.4 is 10.6 Å². The summed E-state index contributed by atoms with van der Waals surface area (Å²) in [4.78, 5) is 14.3. The van der Waals surface area contributed by atoms with E-state index in [1.54, 1.807) is 11.9 Å². The number of nitrogens with two attached hydrogens (primary N) is 1. The molecule has 0 bridgehead atoms. The molecule has 2 rings (SSSR count). The van der Waals surface area contributed by atoms with Gasteiger partial charge in [0.25, 0.3) is 0 Å². The molecule has 2 aromatic carbocycles. The van der Waals surface area contributed by atoms with Crippen LogP contribution in [0.25, 0.3) is 0 Å². The molecule has 1 amide bonds. The number of aryl methyl sites for hydroxylation is 1. The summed E-state index contributed by atoms with van der Waals surface area (Å²) in [6, 6.07) is 15.3. The van der Waals surface area contributed by atoms with E-state index in [1.165, 1.54) is 5.56 Å². The Balaban J connectivity index is 2.06. The number of amides is 1. The number of hydrogen-bond donors (Lipinski definition) is 1. The zero-order chi connectivity index (χ0) is 15.4. The summed E-state index contributed by atoms with van der Waals surface area (Å²) in [6.07, 6.45) is 0.349. The van der Waals surface area contributed by atoms with Crippen LogP contribution in [0.15, 0.2) is 48.5 Å². The summed E-state index contributed by atoms with van der Waals surface area (Å²) in [5, 5.41) is 0. The molecular weight excluding hydrogens is 280 g/mol. The molecule has 0 aliphatic carbocycles. The Morgan fingerprint density at radius 3 is 2.19 bits per heavy atom. The van der Waals surface area contributed by atoms with Gasteiger partial charge in [-0.1, -0.05) is 54.2 Å². The van der Waals surface area contributed by atoms with Crippen molar-refractivity contribution in [3.63, 3.8) is 0 Å². The minimum atomic E-state index is 0.0435. The van der Waals surface area contributed by atoms with E-state index < -0.39 is 0 Å². The summed E-state index contributed by atoms with van der Waals surface area (Å²) >= 11 is 4.91. The Morgan fingerprint density at radius 1 is 1.10 bits per heavy atom. The quantitative estimate of drug-likeness (QED) is 0.883. The van der Waals surface area contributed by atoms with Gasteiger partial charge < -0.3 is 10.6 Å². The van der Waals surface area contributed by atoms with Crippen molar-refractivity contribution in [2.24, 2.45) is 5.73 Å². The first-order valence-electron chi connectivity index (χ1n) is 6.69. The summed E-state index contributed by atoms with van der Waals surface area (Å²) < 4.78 is 0. The normalized spacial score (nSPS) is 10.2. The fourth-order valence-corrected chi connectivity index (χ4v) is 2.13. The lowest BCUT2D eigenvalue weighted by Crippen LogP contribution is -2.27. The van der Waals surface area contributed by atoms with Crippen molar-refractivity contribution >= 4 is 28.8 Å². The third kappa shape index (κ3) is 3.89. The summed E-state index contributed by atoms with van der Waals surface area (Å²) in [5.74, 6) is 0.0435. The standard InChI is InChI=1S/C17H18N2OS/c1-12-3-9-15(10-4-12)19(2)16(20)11-13-5-7-14(8-6-13)17(18)21/h3-10H,11H2,1-2H3,(H2,18,21). The van der Waals surface area contributed by atoms with Crippen LogP contribution >= 0.6 is 12.2 Å². The Labute approximate surface area is 130 Å². The zero-order valence-electron chi connectivity index (χ0n) is 12.2. The van der Waals surface area contributed by atoms with E-state index in [2.05, 4.69) is 0 Å². The molecule has 0 spiro atoms. The molecule has 2 aromatic rings. The van der Waals surface area contributed by atoms with E-state index in [0.717, 1.165) is 16.8 Å². The topological polar surface area (TPSA) is 46.3 Å². The zero-order valence-corrected chi connectivity index (χ0v) is 13.0. The maximum absolute atomic E-state index is 12.3. The van der Waals surface area contributed by atoms with E-state index in [-0.39, 0.29) is 5.91 Å². The molecule has 21 heavy (non-hydrogen) atoms. The number of nitrogens with zero attached hydrogens (tertiary/aromatic N) is 1. The molecule has 0 fully saturated rings. The van der Waals surface area contributed by atoms with Gasteiger partial charge in [-0.25, -0.2) is 0 Å². The molecule has 0 radical (unpaired) electrons. The highest BCUT2D eigenvalue weighted by Gasteiger charge is 2.11. The van der Waals surface area contributed by atoms with Crippen molar-refractivity contribution in [2.45, 2.75) is 13.3 Å². The number of benzene rings is 2. The number of thiocarbonyl (C=S) groups is 1. The van der Waals surface area contributed by atoms with Gasteiger partial charge in [-0.3, -0.25) is 4.79 Å². The van der Waals surface area contributed by atoms with Gasteiger partial charge >= 0.3 is 0 Å². The first kappa shape index (κ1) is 15.2. The molecule has 0 heterocycles. The molecule has 4 heteroatoms. The summed E-state index contributed by atoms with van der Waals surface area (Å²) in [6.45, 7) is 2.02. The predicted octanol–water partition coefficient (Wildman–Crippen LogP) is 2.83. The van der Waals surface area contributed by atoms with Crippen molar-refractivity contribution in [1.82, 2.24) is 0 Å². The van der Waals surface area contributed by atoms with Gasteiger partial charge in [-0.2, -0.15) is 0 Å². The van der Waals surface area contributed by atoms with Crippen molar-refractivity contribution in [3.05, 3.63) is 65.2 Å². The van der Waals surface area contributed by atoms with E-state index in [4.69, 9.17) is 18.0 Å². The minimum absolute atomic E-state index is 0.0435. The largest absolute Gasteiger partial charge is 0.389 e. The van der Waals surface area contributed by atoms with Gasteiger partial charge in [-0.05, 0) is 24.6 Å². The SMILES string of the molecule is Cc1ccc(N(C)C(=O)Cc2ccc(C(N)=S)cc2)cc1. The number of rotatable bonds is 4. The monoisotopic (exact) mass is 298 g/mol. The second-order valence-corrected chi connectivity index (χ2v) is 5.47. The molecule has 0 aromatic heterocycles. The van der Waals surface area contributed by atoms with Crippen LogP contribution in [0, 0.1) is 6.92 Å². The number of carbonyl (C=O) groups is 1. The summed E-state index contributed by atoms with van der Waals surface area (Å²) in [7, 11) is 1.79. The highest BCUT2D eigenvalue weighted by atomic mass is 32.1. The molecule has 0 aliphatic heterocycles. The van der Waals surface area contributed by atoms with Crippen LogP contribution in [0.4, 0.5) is 5.69 Å². The van der Waals surface area contributed by atoms with Gasteiger partial charge in [0.2, 0.25) is 5.91 Å². The second kappa shape index (κ2) is 6.50. The van der Waals surface area contributed by atoms with E-state index >= 15 is 0 Å². The van der Waals surface area contributed by atoms with Crippen molar-refractivity contribution in [1.29, 1.82) is 0 Å². The fourth-order valence-electron chi connectivity index (χ4n) is 1.99. The van der Waals surface area contributed by atoms with Gasteiger partial charge in [0.05, 0.1) is 6.42 Å². The third-order valence-electron chi connectivity index (χ3n) is 3.39. The van der Waals surface area contributed by atoms with Crippen LogP contribution in [0.2, 0.25) is 0 Å². The van der Waals surface area contributed by atoms with Crippen molar-refractivity contribution < 1.29 is 4.79 Å². The number of carbonyl (C=O) groups excluding carboxylic acids is 1. The maximum Gasteiger partial charge on any atom is 0.231 e. The third-order valence-corrected chi connectivity index (χ3v) is 3.62. The average molecular weight is 298 g/mol. The molecule has 0 saturated heterocycles. The molecule has 0 saturated carbocycles. The molecule has 108 valence electrons. The lowest BCUT2D eigenvalue weighted by atomic mass is 10.1. The Hall–Kier alpha value is -2.20. The second-order valence-electron chi connectivity index (χ2n) is 5.03. The van der Waals surface area contributed by atoms with Crippen molar-refractivity contribution in [3.8, 4) is 0 Å². The molecule has 3 nitrogen and oxygen atoms in total. The van der Waals surface area contributed by atoms with Gasteiger partial charge in [0, 0.05) is 18.3 Å². The molecule has 0 aliphatic rings. The van der Waals surface area contributed by atoms with E-state index in [0.29, 0.717) is 11.4 Å². The average Bonchev–Trinajstić information content (AvgIpc) is 2.47. The van der Waals surface area contributed by atoms with Gasteiger partial charge in [-0.15, -0.1) is 0 Å². The molecule has 2 N–H and O–H groups in total. The van der Waals surface area contributed by atoms with Crippen LogP contribution in [0.5, 0.6) is 0 Å². The van der Waals surface area contributed by atoms with Gasteiger partial charge in [0.1, 0.15) is 4.99 Å². The van der Waals surface area contributed by atoms with Crippen LogP contribution in [-0.2, 0) is 11.2 Å². The van der Waals surface area contributed by atoms with Crippen molar-refractivity contribution in [2.75, 3.05) is 11.9 Å². The molecule has 0 unspecified atom stereocenters. The summed E-state index contributed by atoms with van der Waals surface area (Å²) in [5.41, 5.74) is 9.38. The van der Waals surface area contributed by atoms with E-state index in [9.17, 15) is 4.79 Å². The Morgan fingerprint density at radius 2 is 1.67 bits per heavy atom. The maximum atomic E-state index is 12.3. The number of likely N-dealkylation sites (N-methyl/N-ethyl adjacent to an activating group) is 1. The predicted molar refractivity (Wildman–Crippen MR) is 90.6 cm³/mol. The highest BCUT2D eigenvalue weighted by molar-refractivity contribution is 7.80. The minimum Gasteiger partial charge on any atom is -0.389 e. The molecular formula is C17H18N2OS. The first-order chi connectivity index (χ1) is 9.97. The first-order valence-corrected chi connectivity index (χ1v) is 7.10. The van der Waals surface area contributed by atoms with Crippen LogP contribution in [-0.4, -0.2) is 17.9 Å². The highest BCUT2D eigenvalue weighted by Crippen LogP contribution is 2.15. The Kier molecular flexibility index (Phi) is 4.70. The molecule has 0 atom stereocenters. The van der Waals surface area contributed by atoms with Crippen LogP contribution in [0.3, 0.4) is 0 Å². The van der Waals surface area contributed by atoms with Gasteiger partial charge in [0.15, 0.2) is 0 Å². The lowest BCUT2D eigenvalue weighted by Gasteiger charge is -2.17. The van der Waals surface area contributed by atoms with E-state index in [1.807, 2.05) is 55.5 Å². The van der Waals surface area contributed by atoms with Crippen LogP contribution in [0.1, 0.15) is 16.7 Å². The Bertz CT molecular complexity index is 647.